The fourth-order valence-corrected chi connectivity index (χ4v) is 8.06. The molecule has 4 aromatic rings. The second kappa shape index (κ2) is 16.6. The minimum Gasteiger partial charge on any atom is -0.497 e. The summed E-state index contributed by atoms with van der Waals surface area (Å²) >= 11 is 3.41. The first-order valence-electron chi connectivity index (χ1n) is 16.4. The topological polar surface area (TPSA) is 65.6 Å². The molecule has 4 aromatic carbocycles. The molecule has 0 saturated heterocycles. The van der Waals surface area contributed by atoms with Crippen LogP contribution >= 0.6 is 23.5 Å². The van der Waals surface area contributed by atoms with E-state index in [9.17, 15) is 9.59 Å². The summed E-state index contributed by atoms with van der Waals surface area (Å²) in [5.74, 6) is 0.0528. The molecule has 49 heavy (non-hydrogen) atoms. The highest BCUT2D eigenvalue weighted by Crippen LogP contribution is 2.48. The molecule has 0 radical (unpaired) electrons. The van der Waals surface area contributed by atoms with E-state index in [1.54, 1.807) is 23.8 Å². The third-order valence-electron chi connectivity index (χ3n) is 8.56. The number of hydrogen-bond donors (Lipinski definition) is 0. The van der Waals surface area contributed by atoms with E-state index >= 15 is 0 Å². The number of carbonyl (C=O) groups excluding carboxylic acids is 2. The van der Waals surface area contributed by atoms with Crippen molar-refractivity contribution in [2.45, 2.75) is 45.9 Å². The molecular weight excluding hydrogens is 653 g/mol. The van der Waals surface area contributed by atoms with Gasteiger partial charge in [0, 0.05) is 47.3 Å². The first-order chi connectivity index (χ1) is 23.6. The molecule has 10 heteroatoms. The van der Waals surface area contributed by atoms with Crippen molar-refractivity contribution in [3.8, 4) is 5.75 Å². The molecule has 8 nitrogen and oxygen atoms in total. The molecule has 2 aliphatic rings. The summed E-state index contributed by atoms with van der Waals surface area (Å²) in [5.41, 5.74) is 4.40. The number of anilines is 3. The molecule has 1 amide bonds. The summed E-state index contributed by atoms with van der Waals surface area (Å²) in [6, 6.07) is 33.2. The minimum atomic E-state index is -0.916. The number of nitrogens with zero attached hydrogens (tertiary/aromatic N) is 4. The smallest absolute Gasteiger partial charge is 0.303 e. The zero-order valence-electron chi connectivity index (χ0n) is 29.3. The van der Waals surface area contributed by atoms with Crippen molar-refractivity contribution in [2.75, 3.05) is 64.7 Å². The summed E-state index contributed by atoms with van der Waals surface area (Å²) < 4.78 is 10.8. The number of thioether (sulfide) groups is 1. The van der Waals surface area contributed by atoms with Gasteiger partial charge >= 0.3 is 5.97 Å². The lowest BCUT2D eigenvalue weighted by atomic mass is 10.1. The number of rotatable bonds is 9. The third kappa shape index (κ3) is 8.80. The van der Waals surface area contributed by atoms with Crippen molar-refractivity contribution in [1.29, 1.82) is 0 Å². The van der Waals surface area contributed by atoms with Crippen LogP contribution in [0.4, 0.5) is 17.1 Å². The Balaban J connectivity index is 0.000000204. The van der Waals surface area contributed by atoms with Crippen molar-refractivity contribution >= 4 is 52.5 Å². The SMILES string of the molecule is CC(CN1c2ccccc2Sc2ccccc21)N(C)C.COc1ccc([C@@H]2Sc3ccccc3N(CCN(C)C)C(=O)[C@@H]2OC(C)=O)cc1. The Bertz CT molecular complexity index is 1690. The van der Waals surface area contributed by atoms with Crippen molar-refractivity contribution < 1.29 is 19.1 Å². The molecule has 3 atom stereocenters. The highest BCUT2D eigenvalue weighted by Gasteiger charge is 2.40. The number of para-hydroxylation sites is 3. The maximum atomic E-state index is 13.6. The summed E-state index contributed by atoms with van der Waals surface area (Å²) in [6.45, 7) is 5.82. The van der Waals surface area contributed by atoms with Gasteiger partial charge in [0.05, 0.1) is 29.4 Å². The van der Waals surface area contributed by atoms with Crippen LogP contribution < -0.4 is 14.5 Å². The molecule has 2 heterocycles. The lowest BCUT2D eigenvalue weighted by Crippen LogP contribution is -2.45. The fourth-order valence-electron chi connectivity index (χ4n) is 5.64. The van der Waals surface area contributed by atoms with Gasteiger partial charge in [-0.05, 0) is 89.2 Å². The van der Waals surface area contributed by atoms with E-state index in [2.05, 4.69) is 79.3 Å². The van der Waals surface area contributed by atoms with Crippen LogP contribution in [0, 0.1) is 0 Å². The van der Waals surface area contributed by atoms with Crippen molar-refractivity contribution in [2.24, 2.45) is 0 Å². The van der Waals surface area contributed by atoms with Crippen LogP contribution in [0.15, 0.2) is 112 Å². The molecule has 6 rings (SSSR count). The minimum absolute atomic E-state index is 0.208. The van der Waals surface area contributed by atoms with Crippen LogP contribution in [0.25, 0.3) is 0 Å². The number of esters is 1. The zero-order valence-corrected chi connectivity index (χ0v) is 31.0. The number of methoxy groups -OCH3 is 1. The number of benzene rings is 4. The normalized spacial score (nSPS) is 17.3. The van der Waals surface area contributed by atoms with Gasteiger partial charge in [-0.1, -0.05) is 60.3 Å². The van der Waals surface area contributed by atoms with Crippen LogP contribution in [0.3, 0.4) is 0 Å². The number of hydrogen-bond acceptors (Lipinski definition) is 9. The van der Waals surface area contributed by atoms with Crippen LogP contribution in [-0.4, -0.2) is 88.8 Å². The van der Waals surface area contributed by atoms with Gasteiger partial charge in [0.2, 0.25) is 0 Å². The fraction of sp³-hybridized carbons (Fsp3) is 0.333. The predicted molar refractivity (Wildman–Crippen MR) is 202 cm³/mol. The predicted octanol–water partition coefficient (Wildman–Crippen LogP) is 7.61. The molecule has 0 bridgehead atoms. The highest BCUT2D eigenvalue weighted by atomic mass is 32.2. The standard InChI is InChI=1S/C22H26N2O4S.C17H20N2S/c1-15(25)28-20-21(16-9-11-17(27-4)12-10-16)29-19-8-6-5-7-18(19)24(22(20)26)14-13-23(2)3;1-13(18(2)3)12-19-14-8-4-6-10-16(14)20-17-11-7-5-9-15(17)19/h5-12,20-21H,13-14H2,1-4H3;4-11,13H,12H2,1-3H3/t20-,21+;/m1./s1. The quantitative estimate of drug-likeness (QED) is 0.164. The lowest BCUT2D eigenvalue weighted by Gasteiger charge is -2.36. The van der Waals surface area contributed by atoms with E-state index in [0.29, 0.717) is 19.1 Å². The molecular formula is C39H46N4O4S2. The Kier molecular flexibility index (Phi) is 12.3. The average Bonchev–Trinajstić information content (AvgIpc) is 3.21. The van der Waals surface area contributed by atoms with Gasteiger partial charge in [-0.2, -0.15) is 0 Å². The van der Waals surface area contributed by atoms with Gasteiger partial charge in [0.1, 0.15) is 5.75 Å². The second-order valence-electron chi connectivity index (χ2n) is 12.6. The van der Waals surface area contributed by atoms with Crippen molar-refractivity contribution in [3.05, 3.63) is 103 Å². The van der Waals surface area contributed by atoms with Crippen molar-refractivity contribution in [3.63, 3.8) is 0 Å². The van der Waals surface area contributed by atoms with Gasteiger partial charge in [-0.25, -0.2) is 0 Å². The summed E-state index contributed by atoms with van der Waals surface area (Å²) in [4.78, 5) is 37.6. The van der Waals surface area contributed by atoms with E-state index in [1.807, 2.05) is 79.3 Å². The Morgan fingerprint density at radius 2 is 1.33 bits per heavy atom. The largest absolute Gasteiger partial charge is 0.497 e. The zero-order chi connectivity index (χ0) is 35.1. The average molecular weight is 699 g/mol. The van der Waals surface area contributed by atoms with Crippen LogP contribution in [-0.2, 0) is 14.3 Å². The summed E-state index contributed by atoms with van der Waals surface area (Å²) in [6.07, 6.45) is -0.916. The Labute approximate surface area is 299 Å². The van der Waals surface area contributed by atoms with Gasteiger partial charge in [-0.3, -0.25) is 9.59 Å². The molecule has 0 spiro atoms. The maximum absolute atomic E-state index is 13.6. The third-order valence-corrected chi connectivity index (χ3v) is 11.1. The van der Waals surface area contributed by atoms with Crippen molar-refractivity contribution in [1.82, 2.24) is 9.80 Å². The van der Waals surface area contributed by atoms with E-state index in [-0.39, 0.29) is 11.2 Å². The molecule has 258 valence electrons. The van der Waals surface area contributed by atoms with Gasteiger partial charge in [0.25, 0.3) is 5.91 Å². The molecule has 2 aliphatic heterocycles. The number of likely N-dealkylation sites (N-methyl/N-ethyl adjacent to an activating group) is 2. The van der Waals surface area contributed by atoms with E-state index < -0.39 is 12.1 Å². The number of ether oxygens (including phenoxy) is 2. The Hall–Kier alpha value is -3.96. The Morgan fingerprint density at radius 3 is 1.84 bits per heavy atom. The number of fused-ring (bicyclic) bond motifs is 3. The second-order valence-corrected chi connectivity index (χ2v) is 14.8. The van der Waals surface area contributed by atoms with Crippen LogP contribution in [0.2, 0.25) is 0 Å². The summed E-state index contributed by atoms with van der Waals surface area (Å²) in [5, 5.41) is -0.359. The van der Waals surface area contributed by atoms with Gasteiger partial charge in [-0.15, -0.1) is 11.8 Å². The Morgan fingerprint density at radius 1 is 0.796 bits per heavy atom. The molecule has 1 unspecified atom stereocenters. The molecule has 0 N–H and O–H groups in total. The van der Waals surface area contributed by atoms with Crippen LogP contribution in [0.1, 0.15) is 24.7 Å². The van der Waals surface area contributed by atoms with Crippen LogP contribution in [0.5, 0.6) is 5.75 Å². The first kappa shape index (κ1) is 36.3. The van der Waals surface area contributed by atoms with Gasteiger partial charge in [0.15, 0.2) is 6.10 Å². The molecule has 0 aliphatic carbocycles. The maximum Gasteiger partial charge on any atom is 0.303 e. The lowest BCUT2D eigenvalue weighted by molar-refractivity contribution is -0.152. The monoisotopic (exact) mass is 698 g/mol. The first-order valence-corrected chi connectivity index (χ1v) is 18.1. The molecule has 0 fully saturated rings. The van der Waals surface area contributed by atoms with E-state index in [0.717, 1.165) is 28.4 Å². The van der Waals surface area contributed by atoms with Gasteiger partial charge < -0.3 is 29.1 Å². The molecule has 0 aromatic heterocycles. The summed E-state index contributed by atoms with van der Waals surface area (Å²) in [7, 11) is 9.82. The molecule has 0 saturated carbocycles. The number of carbonyl (C=O) groups is 2. The van der Waals surface area contributed by atoms with E-state index in [4.69, 9.17) is 9.47 Å². The number of amides is 1. The van der Waals surface area contributed by atoms with E-state index in [1.165, 1.54) is 28.1 Å². The highest BCUT2D eigenvalue weighted by molar-refractivity contribution is 8.00.